The fourth-order valence-electron chi connectivity index (χ4n) is 2.43. The van der Waals surface area contributed by atoms with Crippen LogP contribution in [-0.2, 0) is 27.3 Å². The standard InChI is InChI=1S/C20H32N2O5/c1-19(2,3)26-17(24)11-15(22-18(25)27-20(4,5)6)10-14-9-13(12-23)7-8-16(14)21/h7-9,15,23H,10-12,21H2,1-6H3,(H,22,25)/t15-/m0/s1. The molecule has 7 heteroatoms. The summed E-state index contributed by atoms with van der Waals surface area (Å²) in [7, 11) is 0. The summed E-state index contributed by atoms with van der Waals surface area (Å²) in [5, 5.41) is 12.1. The Hall–Kier alpha value is -2.28. The van der Waals surface area contributed by atoms with E-state index in [0.717, 1.165) is 5.56 Å². The fourth-order valence-corrected chi connectivity index (χ4v) is 2.43. The number of nitrogens with one attached hydrogen (secondary N) is 1. The zero-order chi connectivity index (χ0) is 20.8. The lowest BCUT2D eigenvalue weighted by Crippen LogP contribution is -2.42. The van der Waals surface area contributed by atoms with E-state index in [1.54, 1.807) is 59.7 Å². The average molecular weight is 380 g/mol. The molecule has 0 aromatic heterocycles. The number of ether oxygens (including phenoxy) is 2. The second-order valence-electron chi connectivity index (χ2n) is 8.53. The van der Waals surface area contributed by atoms with Gasteiger partial charge in [0.1, 0.15) is 11.2 Å². The van der Waals surface area contributed by atoms with Crippen LogP contribution in [0.5, 0.6) is 0 Å². The zero-order valence-corrected chi connectivity index (χ0v) is 17.1. The Bertz CT molecular complexity index is 629. The number of nitrogens with two attached hydrogens (primary N) is 1. The number of esters is 1. The van der Waals surface area contributed by atoms with E-state index in [-0.39, 0.29) is 13.0 Å². The van der Waals surface area contributed by atoms with Gasteiger partial charge >= 0.3 is 12.1 Å². The number of carbonyl (C=O) groups excluding carboxylic acids is 2. The molecule has 152 valence electrons. The number of aliphatic hydroxyl groups excluding tert-OH is 1. The summed E-state index contributed by atoms with van der Waals surface area (Å²) in [6.45, 7) is 10.5. The van der Waals surface area contributed by atoms with Crippen molar-refractivity contribution in [2.45, 2.75) is 78.2 Å². The summed E-state index contributed by atoms with van der Waals surface area (Å²) in [6, 6.07) is 4.61. The maximum absolute atomic E-state index is 12.2. The predicted octanol–water partition coefficient (Wildman–Crippen LogP) is 2.93. The third-order valence-electron chi connectivity index (χ3n) is 3.41. The first-order chi connectivity index (χ1) is 12.3. The second kappa shape index (κ2) is 9.08. The van der Waals surface area contributed by atoms with Gasteiger partial charge in [-0.15, -0.1) is 0 Å². The predicted molar refractivity (Wildman–Crippen MR) is 104 cm³/mol. The molecule has 7 nitrogen and oxygen atoms in total. The Labute approximate surface area is 161 Å². The van der Waals surface area contributed by atoms with E-state index in [9.17, 15) is 14.7 Å². The molecule has 0 bridgehead atoms. The Balaban J connectivity index is 2.96. The molecular weight excluding hydrogens is 348 g/mol. The van der Waals surface area contributed by atoms with E-state index < -0.39 is 29.3 Å². The first kappa shape index (κ1) is 22.8. The van der Waals surface area contributed by atoms with Gasteiger partial charge in [0.25, 0.3) is 0 Å². The zero-order valence-electron chi connectivity index (χ0n) is 17.1. The van der Waals surface area contributed by atoms with Crippen LogP contribution in [0.3, 0.4) is 0 Å². The number of aliphatic hydroxyl groups is 1. The van der Waals surface area contributed by atoms with Crippen molar-refractivity contribution in [1.29, 1.82) is 0 Å². The van der Waals surface area contributed by atoms with Crippen LogP contribution in [0.1, 0.15) is 59.1 Å². The van der Waals surface area contributed by atoms with Crippen LogP contribution in [0.2, 0.25) is 0 Å². The maximum Gasteiger partial charge on any atom is 0.407 e. The molecule has 0 spiro atoms. The summed E-state index contributed by atoms with van der Waals surface area (Å²) in [4.78, 5) is 24.4. The van der Waals surface area contributed by atoms with Crippen molar-refractivity contribution in [1.82, 2.24) is 5.32 Å². The lowest BCUT2D eigenvalue weighted by Gasteiger charge is -2.25. The molecule has 0 radical (unpaired) electrons. The van der Waals surface area contributed by atoms with Crippen molar-refractivity contribution in [3.05, 3.63) is 29.3 Å². The van der Waals surface area contributed by atoms with E-state index in [2.05, 4.69) is 5.32 Å². The van der Waals surface area contributed by atoms with Crippen molar-refractivity contribution in [3.63, 3.8) is 0 Å². The van der Waals surface area contributed by atoms with Crippen molar-refractivity contribution in [3.8, 4) is 0 Å². The molecule has 1 aromatic rings. The fraction of sp³-hybridized carbons (Fsp3) is 0.600. The number of anilines is 1. The minimum Gasteiger partial charge on any atom is -0.460 e. The van der Waals surface area contributed by atoms with Gasteiger partial charge in [0.15, 0.2) is 0 Å². The third kappa shape index (κ3) is 9.28. The van der Waals surface area contributed by atoms with Gasteiger partial charge in [-0.05, 0) is 65.2 Å². The lowest BCUT2D eigenvalue weighted by atomic mass is 9.99. The van der Waals surface area contributed by atoms with E-state index in [4.69, 9.17) is 15.2 Å². The topological polar surface area (TPSA) is 111 Å². The molecule has 4 N–H and O–H groups in total. The Morgan fingerprint density at radius 3 is 2.22 bits per heavy atom. The van der Waals surface area contributed by atoms with Crippen LogP contribution in [0.15, 0.2) is 18.2 Å². The van der Waals surface area contributed by atoms with Gasteiger partial charge in [-0.3, -0.25) is 4.79 Å². The van der Waals surface area contributed by atoms with E-state index in [1.807, 2.05) is 0 Å². The molecule has 0 saturated heterocycles. The first-order valence-electron chi connectivity index (χ1n) is 8.98. The van der Waals surface area contributed by atoms with Gasteiger partial charge in [-0.25, -0.2) is 4.79 Å². The van der Waals surface area contributed by atoms with Gasteiger partial charge in [-0.2, -0.15) is 0 Å². The highest BCUT2D eigenvalue weighted by atomic mass is 16.6. The number of hydrogen-bond acceptors (Lipinski definition) is 6. The molecule has 0 aliphatic heterocycles. The van der Waals surface area contributed by atoms with Gasteiger partial charge in [0.05, 0.1) is 13.0 Å². The van der Waals surface area contributed by atoms with Gasteiger partial charge in [0, 0.05) is 11.7 Å². The Morgan fingerprint density at radius 1 is 1.11 bits per heavy atom. The van der Waals surface area contributed by atoms with Crippen LogP contribution in [-0.4, -0.2) is 34.4 Å². The Kier molecular flexibility index (Phi) is 7.65. The van der Waals surface area contributed by atoms with Crippen LogP contribution in [0.4, 0.5) is 10.5 Å². The monoisotopic (exact) mass is 380 g/mol. The minimum atomic E-state index is -0.656. The highest BCUT2D eigenvalue weighted by Crippen LogP contribution is 2.19. The average Bonchev–Trinajstić information content (AvgIpc) is 2.45. The molecule has 1 amide bonds. The lowest BCUT2D eigenvalue weighted by molar-refractivity contribution is -0.155. The number of carbonyl (C=O) groups is 2. The number of nitrogen functional groups attached to an aromatic ring is 1. The molecule has 0 aliphatic rings. The maximum atomic E-state index is 12.2. The first-order valence-corrected chi connectivity index (χ1v) is 8.98. The molecule has 1 atom stereocenters. The molecule has 0 unspecified atom stereocenters. The van der Waals surface area contributed by atoms with Crippen molar-refractivity contribution < 1.29 is 24.2 Å². The molecule has 27 heavy (non-hydrogen) atoms. The number of amides is 1. The highest BCUT2D eigenvalue weighted by Gasteiger charge is 2.25. The molecule has 0 heterocycles. The molecule has 0 fully saturated rings. The van der Waals surface area contributed by atoms with Crippen LogP contribution < -0.4 is 11.1 Å². The second-order valence-corrected chi connectivity index (χ2v) is 8.53. The SMILES string of the molecule is CC(C)(C)OC(=O)C[C@H](Cc1cc(CO)ccc1N)NC(=O)OC(C)(C)C. The third-order valence-corrected chi connectivity index (χ3v) is 3.41. The minimum absolute atomic E-state index is 0.0285. The van der Waals surface area contributed by atoms with Crippen LogP contribution >= 0.6 is 0 Å². The van der Waals surface area contributed by atoms with E-state index >= 15 is 0 Å². The molecule has 1 aromatic carbocycles. The summed E-state index contributed by atoms with van der Waals surface area (Å²) in [5.41, 5.74) is 6.69. The quantitative estimate of drug-likeness (QED) is 0.517. The van der Waals surface area contributed by atoms with Gasteiger partial charge in [-0.1, -0.05) is 12.1 Å². The van der Waals surface area contributed by atoms with Crippen molar-refractivity contribution in [2.24, 2.45) is 0 Å². The van der Waals surface area contributed by atoms with Gasteiger partial charge < -0.3 is 25.6 Å². The number of hydrogen-bond donors (Lipinski definition) is 3. The summed E-state index contributed by atoms with van der Waals surface area (Å²) >= 11 is 0. The van der Waals surface area contributed by atoms with Gasteiger partial charge in [0.2, 0.25) is 0 Å². The molecule has 0 saturated carbocycles. The Morgan fingerprint density at radius 2 is 1.70 bits per heavy atom. The number of alkyl carbamates (subject to hydrolysis) is 1. The molecular formula is C20H32N2O5. The largest absolute Gasteiger partial charge is 0.460 e. The number of benzene rings is 1. The van der Waals surface area contributed by atoms with Crippen LogP contribution in [0.25, 0.3) is 0 Å². The van der Waals surface area contributed by atoms with E-state index in [1.165, 1.54) is 0 Å². The smallest absolute Gasteiger partial charge is 0.407 e. The summed E-state index contributed by atoms with van der Waals surface area (Å²) in [6.07, 6.45) is -0.342. The molecule has 1 rings (SSSR count). The van der Waals surface area contributed by atoms with Crippen LogP contribution in [0, 0.1) is 0 Å². The summed E-state index contributed by atoms with van der Waals surface area (Å²) in [5.74, 6) is -0.430. The van der Waals surface area contributed by atoms with Crippen molar-refractivity contribution in [2.75, 3.05) is 5.73 Å². The number of rotatable bonds is 6. The van der Waals surface area contributed by atoms with E-state index in [0.29, 0.717) is 17.7 Å². The highest BCUT2D eigenvalue weighted by molar-refractivity contribution is 5.73. The van der Waals surface area contributed by atoms with Crippen molar-refractivity contribution >= 4 is 17.7 Å². The summed E-state index contributed by atoms with van der Waals surface area (Å²) < 4.78 is 10.7. The molecule has 0 aliphatic carbocycles. The normalized spacial score (nSPS) is 13.0.